The Morgan fingerprint density at radius 3 is 1.13 bits per heavy atom. The molecule has 2 heterocycles. The minimum absolute atomic E-state index is 0.0455. The first-order valence-corrected chi connectivity index (χ1v) is 27.3. The van der Waals surface area contributed by atoms with Crippen molar-refractivity contribution in [1.82, 2.24) is 9.80 Å². The van der Waals surface area contributed by atoms with Gasteiger partial charge in [0.2, 0.25) is 0 Å². The average molecular weight is 1070 g/mol. The lowest BCUT2D eigenvalue weighted by molar-refractivity contribution is -0.108. The molecule has 2 saturated heterocycles. The summed E-state index contributed by atoms with van der Waals surface area (Å²) in [6.45, 7) is 28.0. The molecule has 79 heavy (non-hydrogen) atoms. The van der Waals surface area contributed by atoms with E-state index in [0.29, 0.717) is 68.0 Å². The van der Waals surface area contributed by atoms with Crippen molar-refractivity contribution in [3.8, 4) is 17.2 Å². The van der Waals surface area contributed by atoms with Gasteiger partial charge in [0.1, 0.15) is 43.4 Å². The zero-order valence-electron chi connectivity index (χ0n) is 47.0. The molecule has 2 aliphatic rings. The third-order valence-electron chi connectivity index (χ3n) is 14.5. The first kappa shape index (κ1) is 60.2. The highest BCUT2D eigenvalue weighted by Gasteiger charge is 2.27. The second-order valence-corrected chi connectivity index (χ2v) is 20.8. The number of rotatable bonds is 19. The summed E-state index contributed by atoms with van der Waals surface area (Å²) in [6, 6.07) is 41.0. The monoisotopic (exact) mass is 1070 g/mol. The van der Waals surface area contributed by atoms with E-state index in [1.165, 1.54) is 0 Å². The summed E-state index contributed by atoms with van der Waals surface area (Å²) in [5.74, 6) is 2.27. The van der Waals surface area contributed by atoms with Crippen LogP contribution in [0.25, 0.3) is 16.7 Å². The lowest BCUT2D eigenvalue weighted by Gasteiger charge is -2.32. The number of nitrogens with zero attached hydrogens (tertiary/aromatic N) is 2. The third kappa shape index (κ3) is 17.2. The van der Waals surface area contributed by atoms with E-state index in [-0.39, 0.29) is 24.0 Å². The molecule has 0 aliphatic carbocycles. The maximum Gasteiger partial charge on any atom is 0.335 e. The Kier molecular flexibility index (Phi) is 22.6. The number of carbonyl (C=O) groups excluding carboxylic acids is 3. The molecule has 6 aromatic rings. The van der Waals surface area contributed by atoms with Crippen LogP contribution in [0.4, 0.5) is 0 Å². The number of carbonyl (C=O) groups is 4. The number of hydrogen-bond acceptors (Lipinski definition) is 8. The van der Waals surface area contributed by atoms with Gasteiger partial charge in [-0.25, -0.2) is 4.79 Å². The number of piperidine rings is 2. The van der Waals surface area contributed by atoms with Crippen LogP contribution < -0.4 is 14.2 Å². The molecule has 8 rings (SSSR count). The highest BCUT2D eigenvalue weighted by molar-refractivity contribution is 5.98. The number of likely N-dealkylation sites (tertiary alicyclic amines) is 2. The van der Waals surface area contributed by atoms with Crippen LogP contribution in [0.5, 0.6) is 17.2 Å². The molecule has 0 radical (unpaired) electrons. The van der Waals surface area contributed by atoms with E-state index in [1.54, 1.807) is 19.1 Å². The van der Waals surface area contributed by atoms with E-state index in [2.05, 4.69) is 19.7 Å². The number of amides is 2. The quantitative estimate of drug-likeness (QED) is 0.0758. The second kappa shape index (κ2) is 29.6. The van der Waals surface area contributed by atoms with Crippen LogP contribution in [0, 0.1) is 32.6 Å². The molecule has 2 N–H and O–H groups in total. The SMILES string of the molecule is C=C(C)c1cc(C(=O)N2CCC(CC=O)CC2)c(C)cc1OCc1ccccc1.C=C(C)c1cc(C(=O)N2CCC(CCO)CC2)c(C)cc1OCc1ccccc1.C=C(C)c1cc(C(=O)O)c(C)cc1OCc1ccccc1. The zero-order chi connectivity index (χ0) is 57.0. The van der Waals surface area contributed by atoms with Gasteiger partial charge in [-0.1, -0.05) is 111 Å². The van der Waals surface area contributed by atoms with Crippen LogP contribution in [0.3, 0.4) is 0 Å². The van der Waals surface area contributed by atoms with Crippen molar-refractivity contribution in [2.75, 3.05) is 32.8 Å². The first-order chi connectivity index (χ1) is 38.0. The topological polar surface area (TPSA) is 143 Å². The minimum atomic E-state index is -0.940. The summed E-state index contributed by atoms with van der Waals surface area (Å²) < 4.78 is 18.0. The number of benzene rings is 6. The fourth-order valence-corrected chi connectivity index (χ4v) is 9.76. The van der Waals surface area contributed by atoms with Gasteiger partial charge >= 0.3 is 5.97 Å². The molecule has 2 amide bonds. The summed E-state index contributed by atoms with van der Waals surface area (Å²) in [4.78, 5) is 52.1. The standard InChI is InChI=1S/C25H31NO3.C25H29NO3.C18H18O3/c2*1-18(2)22-16-23(25(28)26-12-9-20(10-13-26)11-14-27)19(3)15-24(22)29-17-21-7-5-4-6-8-21;1-12(2)15-10-16(18(19)20)13(3)9-17(15)21-11-14-7-5-4-6-8-14/h4-8,15-16,20,27H,1,9-14,17H2,2-3H3;4-8,14-16,20H,1,9-13,17H2,2-3H3;4-10H,1,11H2,2-3H3,(H,19,20). The van der Waals surface area contributed by atoms with Gasteiger partial charge in [-0.3, -0.25) is 9.59 Å². The molecule has 2 fully saturated rings. The van der Waals surface area contributed by atoms with E-state index >= 15 is 0 Å². The van der Waals surface area contributed by atoms with Gasteiger partial charge < -0.3 is 39.0 Å². The Bertz CT molecular complexity index is 3060. The van der Waals surface area contributed by atoms with E-state index in [4.69, 9.17) is 19.3 Å². The summed E-state index contributed by atoms with van der Waals surface area (Å²) >= 11 is 0. The summed E-state index contributed by atoms with van der Waals surface area (Å²) in [6.07, 6.45) is 6.08. The number of aryl methyl sites for hydroxylation is 3. The van der Waals surface area contributed by atoms with Gasteiger partial charge in [0.05, 0.1) is 5.56 Å². The molecule has 0 atom stereocenters. The van der Waals surface area contributed by atoms with Crippen LogP contribution >= 0.6 is 0 Å². The number of carboxylic acid groups (broad SMARTS) is 1. The van der Waals surface area contributed by atoms with Crippen LogP contribution in [-0.2, 0) is 24.6 Å². The molecular weight excluding hydrogens is 989 g/mol. The van der Waals surface area contributed by atoms with Crippen molar-refractivity contribution in [1.29, 1.82) is 0 Å². The smallest absolute Gasteiger partial charge is 0.335 e. The molecule has 11 heteroatoms. The van der Waals surface area contributed by atoms with Crippen molar-refractivity contribution in [3.05, 3.63) is 214 Å². The number of hydrogen-bond donors (Lipinski definition) is 2. The van der Waals surface area contributed by atoms with Crippen molar-refractivity contribution in [2.24, 2.45) is 11.8 Å². The third-order valence-corrected chi connectivity index (χ3v) is 14.5. The Balaban J connectivity index is 0.000000194. The van der Waals surface area contributed by atoms with Gasteiger partial charge in [0, 0.05) is 67.0 Å². The lowest BCUT2D eigenvalue weighted by Crippen LogP contribution is -2.39. The molecule has 2 aliphatic heterocycles. The average Bonchev–Trinajstić information content (AvgIpc) is 3.45. The molecule has 0 spiro atoms. The Morgan fingerprint density at radius 1 is 0.506 bits per heavy atom. The number of aldehydes is 1. The molecule has 0 unspecified atom stereocenters. The van der Waals surface area contributed by atoms with Crippen molar-refractivity contribution in [2.45, 2.75) is 99.9 Å². The normalized spacial score (nSPS) is 13.4. The van der Waals surface area contributed by atoms with Crippen molar-refractivity contribution >= 4 is 40.8 Å². The Hall–Kier alpha value is -8.02. The second-order valence-electron chi connectivity index (χ2n) is 20.8. The van der Waals surface area contributed by atoms with Gasteiger partial charge in [0.25, 0.3) is 11.8 Å². The fraction of sp³-hybridized carbons (Fsp3) is 0.324. The van der Waals surface area contributed by atoms with E-state index < -0.39 is 5.97 Å². The maximum atomic E-state index is 13.2. The van der Waals surface area contributed by atoms with Gasteiger partial charge in [-0.05, 0) is 172 Å². The highest BCUT2D eigenvalue weighted by Crippen LogP contribution is 2.34. The van der Waals surface area contributed by atoms with Crippen molar-refractivity contribution < 1.29 is 43.6 Å². The summed E-state index contributed by atoms with van der Waals surface area (Å²) in [5.41, 5.74) is 12.4. The molecular formula is C68H78N2O9. The van der Waals surface area contributed by atoms with Crippen LogP contribution in [0.15, 0.2) is 147 Å². The summed E-state index contributed by atoms with van der Waals surface area (Å²) in [7, 11) is 0. The molecule has 0 saturated carbocycles. The first-order valence-electron chi connectivity index (χ1n) is 27.3. The van der Waals surface area contributed by atoms with Gasteiger partial charge in [-0.15, -0.1) is 0 Å². The predicted octanol–water partition coefficient (Wildman–Crippen LogP) is 14.2. The number of aliphatic hydroxyl groups is 1. The molecule has 0 aromatic heterocycles. The number of ether oxygens (including phenoxy) is 3. The number of aliphatic hydroxyl groups excluding tert-OH is 1. The van der Waals surface area contributed by atoms with E-state index in [0.717, 1.165) is 130 Å². The number of carboxylic acids is 1. The van der Waals surface area contributed by atoms with Gasteiger partial charge in [0.15, 0.2) is 0 Å². The Morgan fingerprint density at radius 2 is 0.823 bits per heavy atom. The zero-order valence-corrected chi connectivity index (χ0v) is 47.0. The minimum Gasteiger partial charge on any atom is -0.488 e. The number of aromatic carboxylic acids is 1. The van der Waals surface area contributed by atoms with Gasteiger partial charge in [-0.2, -0.15) is 0 Å². The largest absolute Gasteiger partial charge is 0.488 e. The summed E-state index contributed by atoms with van der Waals surface area (Å²) in [5, 5.41) is 18.3. The Labute approximate surface area is 467 Å². The molecule has 6 aromatic carbocycles. The van der Waals surface area contributed by atoms with Crippen molar-refractivity contribution in [3.63, 3.8) is 0 Å². The van der Waals surface area contributed by atoms with Crippen LogP contribution in [-0.4, -0.2) is 76.9 Å². The van der Waals surface area contributed by atoms with Crippen LogP contribution in [0.2, 0.25) is 0 Å². The van der Waals surface area contributed by atoms with E-state index in [1.807, 2.05) is 160 Å². The fourth-order valence-electron chi connectivity index (χ4n) is 9.76. The molecule has 0 bridgehead atoms. The molecule has 414 valence electrons. The predicted molar refractivity (Wildman–Crippen MR) is 317 cm³/mol. The lowest BCUT2D eigenvalue weighted by atomic mass is 9.93. The van der Waals surface area contributed by atoms with Crippen LogP contribution in [0.1, 0.15) is 140 Å². The molecule has 11 nitrogen and oxygen atoms in total. The highest BCUT2D eigenvalue weighted by atomic mass is 16.5. The van der Waals surface area contributed by atoms with E-state index in [9.17, 15) is 24.3 Å². The maximum absolute atomic E-state index is 13.2. The number of allylic oxidation sites excluding steroid dienone is 3.